The van der Waals surface area contributed by atoms with Crippen molar-refractivity contribution in [1.29, 1.82) is 0 Å². The van der Waals surface area contributed by atoms with Gasteiger partial charge in [-0.3, -0.25) is 4.79 Å². The summed E-state index contributed by atoms with van der Waals surface area (Å²) in [7, 11) is 1.66. The number of nitrogens with zero attached hydrogens (tertiary/aromatic N) is 1. The number of methoxy groups -OCH3 is 1. The van der Waals surface area contributed by atoms with Gasteiger partial charge in [0, 0.05) is 37.9 Å². The van der Waals surface area contributed by atoms with E-state index >= 15 is 0 Å². The van der Waals surface area contributed by atoms with Crippen LogP contribution in [0.15, 0.2) is 29.1 Å². The number of fused-ring (bicyclic) bond motifs is 1. The molecule has 0 fully saturated rings. The van der Waals surface area contributed by atoms with Crippen LogP contribution in [0, 0.1) is 6.92 Å². The van der Waals surface area contributed by atoms with E-state index in [1.807, 2.05) is 31.2 Å². The molecule has 6 nitrogen and oxygen atoms in total. The summed E-state index contributed by atoms with van der Waals surface area (Å²) >= 11 is 5.40. The van der Waals surface area contributed by atoms with Gasteiger partial charge in [0.05, 0.1) is 13.2 Å². The second-order valence-electron chi connectivity index (χ2n) is 5.94. The maximum absolute atomic E-state index is 12.4. The third-order valence-corrected chi connectivity index (χ3v) is 4.30. The van der Waals surface area contributed by atoms with Crippen LogP contribution in [0.1, 0.15) is 17.5 Å². The largest absolute Gasteiger partial charge is 0.395 e. The normalized spacial score (nSPS) is 10.8. The first kappa shape index (κ1) is 19.4. The van der Waals surface area contributed by atoms with Gasteiger partial charge in [-0.25, -0.2) is 0 Å². The summed E-state index contributed by atoms with van der Waals surface area (Å²) in [5.41, 5.74) is 2.43. The van der Waals surface area contributed by atoms with Gasteiger partial charge in [0.25, 0.3) is 5.56 Å². The smallest absolute Gasteiger partial charge is 0.253 e. The van der Waals surface area contributed by atoms with Crippen molar-refractivity contribution in [3.8, 4) is 0 Å². The van der Waals surface area contributed by atoms with Gasteiger partial charge in [-0.05, 0) is 49.1 Å². The number of pyridine rings is 1. The quantitative estimate of drug-likeness (QED) is 0.488. The number of hydrogen-bond acceptors (Lipinski definition) is 4. The number of aliphatic hydroxyl groups excluding tert-OH is 1. The first-order valence-electron chi connectivity index (χ1n) is 8.30. The minimum atomic E-state index is -0.138. The molecule has 0 aliphatic rings. The topological polar surface area (TPSA) is 77.6 Å². The number of aryl methyl sites for hydroxylation is 1. The average Bonchev–Trinajstić information content (AvgIpc) is 2.59. The summed E-state index contributed by atoms with van der Waals surface area (Å²) in [4.78, 5) is 17.1. The first-order chi connectivity index (χ1) is 12.0. The summed E-state index contributed by atoms with van der Waals surface area (Å²) in [6.45, 7) is 4.02. The van der Waals surface area contributed by atoms with E-state index in [-0.39, 0.29) is 12.2 Å². The van der Waals surface area contributed by atoms with Crippen LogP contribution in [0.4, 0.5) is 0 Å². The van der Waals surface area contributed by atoms with E-state index in [0.29, 0.717) is 36.9 Å². The number of H-pyrrole nitrogens is 1. The lowest BCUT2D eigenvalue weighted by molar-refractivity contribution is 0.195. The van der Waals surface area contributed by atoms with Crippen molar-refractivity contribution in [2.45, 2.75) is 19.9 Å². The summed E-state index contributed by atoms with van der Waals surface area (Å²) < 4.78 is 5.01. The summed E-state index contributed by atoms with van der Waals surface area (Å²) in [5.74, 6) is 0. The van der Waals surface area contributed by atoms with E-state index in [0.717, 1.165) is 22.9 Å². The fraction of sp³-hybridized carbons (Fsp3) is 0.444. The highest BCUT2D eigenvalue weighted by Crippen LogP contribution is 2.14. The number of nitrogens with one attached hydrogen (secondary N) is 2. The van der Waals surface area contributed by atoms with Crippen molar-refractivity contribution in [2.24, 2.45) is 0 Å². The molecule has 0 saturated heterocycles. The Morgan fingerprint density at radius 1 is 1.40 bits per heavy atom. The van der Waals surface area contributed by atoms with Crippen LogP contribution >= 0.6 is 12.2 Å². The lowest BCUT2D eigenvalue weighted by atomic mass is 10.1. The second kappa shape index (κ2) is 9.50. The van der Waals surface area contributed by atoms with Gasteiger partial charge in [0.15, 0.2) is 5.11 Å². The van der Waals surface area contributed by atoms with E-state index in [1.54, 1.807) is 12.0 Å². The zero-order valence-electron chi connectivity index (χ0n) is 14.7. The Kier molecular flexibility index (Phi) is 7.36. The molecule has 2 rings (SSSR count). The lowest BCUT2D eigenvalue weighted by Gasteiger charge is -2.25. The Bertz CT molecular complexity index is 776. The van der Waals surface area contributed by atoms with Gasteiger partial charge in [-0.15, -0.1) is 0 Å². The number of rotatable bonds is 8. The van der Waals surface area contributed by atoms with Gasteiger partial charge in [0.2, 0.25) is 0 Å². The van der Waals surface area contributed by atoms with Crippen LogP contribution in [0.5, 0.6) is 0 Å². The van der Waals surface area contributed by atoms with Gasteiger partial charge >= 0.3 is 0 Å². The number of aromatic amines is 1. The molecule has 1 heterocycles. The van der Waals surface area contributed by atoms with Crippen LogP contribution in [0.3, 0.4) is 0 Å². The molecule has 0 aliphatic heterocycles. The standard InChI is InChI=1S/C18H25N3O3S/c1-13-4-5-16-14(10-13)11-15(17(23)20-16)12-21(7-8-22)18(25)19-6-3-9-24-2/h4-5,10-11,22H,3,6-9,12H2,1-2H3,(H,19,25)(H,20,23). The van der Waals surface area contributed by atoms with E-state index in [2.05, 4.69) is 10.3 Å². The van der Waals surface area contributed by atoms with Crippen LogP contribution in [0.25, 0.3) is 10.9 Å². The van der Waals surface area contributed by atoms with Gasteiger partial charge in [-0.2, -0.15) is 0 Å². The van der Waals surface area contributed by atoms with Crippen molar-refractivity contribution in [3.63, 3.8) is 0 Å². The summed E-state index contributed by atoms with van der Waals surface area (Å²) in [5, 5.41) is 14.0. The molecular weight excluding hydrogens is 338 g/mol. The minimum absolute atomic E-state index is 0.0372. The predicted octanol–water partition coefficient (Wildman–Crippen LogP) is 1.54. The molecule has 0 aliphatic carbocycles. The van der Waals surface area contributed by atoms with Crippen molar-refractivity contribution in [3.05, 3.63) is 45.7 Å². The fourth-order valence-corrected chi connectivity index (χ4v) is 2.85. The molecule has 0 amide bonds. The zero-order valence-corrected chi connectivity index (χ0v) is 15.5. The minimum Gasteiger partial charge on any atom is -0.395 e. The van der Waals surface area contributed by atoms with E-state index in [1.165, 1.54) is 0 Å². The Hall–Kier alpha value is -1.96. The number of benzene rings is 1. The highest BCUT2D eigenvalue weighted by atomic mass is 32.1. The highest BCUT2D eigenvalue weighted by Gasteiger charge is 2.12. The zero-order chi connectivity index (χ0) is 18.2. The molecule has 0 atom stereocenters. The SMILES string of the molecule is COCCCNC(=S)N(CCO)Cc1cc2cc(C)ccc2[nH]c1=O. The maximum atomic E-state index is 12.4. The van der Waals surface area contributed by atoms with E-state index < -0.39 is 0 Å². The number of aliphatic hydroxyl groups is 1. The summed E-state index contributed by atoms with van der Waals surface area (Å²) in [6, 6.07) is 7.80. The van der Waals surface area contributed by atoms with Crippen LogP contribution in [0.2, 0.25) is 0 Å². The molecule has 1 aromatic heterocycles. The van der Waals surface area contributed by atoms with Gasteiger partial charge in [-0.1, -0.05) is 11.6 Å². The molecule has 0 radical (unpaired) electrons. The molecule has 1 aromatic carbocycles. The third-order valence-electron chi connectivity index (χ3n) is 3.90. The maximum Gasteiger partial charge on any atom is 0.253 e. The monoisotopic (exact) mass is 363 g/mol. The van der Waals surface area contributed by atoms with Crippen LogP contribution in [-0.4, -0.2) is 53.5 Å². The first-order valence-corrected chi connectivity index (χ1v) is 8.71. The van der Waals surface area contributed by atoms with E-state index in [9.17, 15) is 9.90 Å². The Labute approximate surface area is 152 Å². The molecule has 25 heavy (non-hydrogen) atoms. The Balaban J connectivity index is 2.15. The molecule has 0 unspecified atom stereocenters. The van der Waals surface area contributed by atoms with Crippen molar-refractivity contribution in [1.82, 2.24) is 15.2 Å². The van der Waals surface area contributed by atoms with Crippen LogP contribution in [-0.2, 0) is 11.3 Å². The van der Waals surface area contributed by atoms with Gasteiger partial charge in [0.1, 0.15) is 0 Å². The molecule has 0 spiro atoms. The molecule has 0 saturated carbocycles. The Morgan fingerprint density at radius 2 is 2.20 bits per heavy atom. The fourth-order valence-electron chi connectivity index (χ4n) is 2.59. The third kappa shape index (κ3) is 5.52. The average molecular weight is 363 g/mol. The molecule has 136 valence electrons. The van der Waals surface area contributed by atoms with E-state index in [4.69, 9.17) is 17.0 Å². The lowest BCUT2D eigenvalue weighted by Crippen LogP contribution is -2.42. The number of ether oxygens (including phenoxy) is 1. The molecule has 3 N–H and O–H groups in total. The number of hydrogen-bond donors (Lipinski definition) is 3. The van der Waals surface area contributed by atoms with Crippen molar-refractivity contribution < 1.29 is 9.84 Å². The number of thiocarbonyl (C=S) groups is 1. The van der Waals surface area contributed by atoms with Crippen molar-refractivity contribution >= 4 is 28.2 Å². The molecular formula is C18H25N3O3S. The van der Waals surface area contributed by atoms with Gasteiger partial charge < -0.3 is 25.0 Å². The molecule has 7 heteroatoms. The molecule has 0 bridgehead atoms. The Morgan fingerprint density at radius 3 is 2.92 bits per heavy atom. The molecule has 2 aromatic rings. The predicted molar refractivity (Wildman–Crippen MR) is 104 cm³/mol. The second-order valence-corrected chi connectivity index (χ2v) is 6.32. The highest BCUT2D eigenvalue weighted by molar-refractivity contribution is 7.80. The number of aromatic nitrogens is 1. The van der Waals surface area contributed by atoms with Crippen LogP contribution < -0.4 is 10.9 Å². The summed E-state index contributed by atoms with van der Waals surface area (Å²) in [6.07, 6.45) is 0.833. The van der Waals surface area contributed by atoms with Crippen molar-refractivity contribution in [2.75, 3.05) is 33.4 Å².